The maximum atomic E-state index is 13.6. The molecule has 0 saturated heterocycles. The normalized spacial score (nSPS) is 11.2. The van der Waals surface area contributed by atoms with Crippen molar-refractivity contribution < 1.29 is 12.8 Å². The molecule has 22 heavy (non-hydrogen) atoms. The van der Waals surface area contributed by atoms with Crippen LogP contribution in [0.4, 0.5) is 4.39 Å². The lowest BCUT2D eigenvalue weighted by molar-refractivity contribution is 0.577. The Kier molecular flexibility index (Phi) is 6.95. The Bertz CT molecular complexity index is 706. The number of hydrogen-bond acceptors (Lipinski definition) is 4. The van der Waals surface area contributed by atoms with Crippen molar-refractivity contribution in [2.24, 2.45) is 0 Å². The second-order valence-corrected chi connectivity index (χ2v) is 6.19. The van der Waals surface area contributed by atoms with Crippen molar-refractivity contribution in [3.8, 4) is 5.69 Å². The molecular formula is C13H18ClFN4O2S. The van der Waals surface area contributed by atoms with E-state index in [9.17, 15) is 12.8 Å². The van der Waals surface area contributed by atoms with Crippen LogP contribution in [-0.2, 0) is 10.0 Å². The summed E-state index contributed by atoms with van der Waals surface area (Å²) in [4.78, 5) is 0.00945. The average molecular weight is 349 g/mol. The van der Waals surface area contributed by atoms with E-state index in [1.165, 1.54) is 29.2 Å². The molecule has 122 valence electrons. The van der Waals surface area contributed by atoms with E-state index in [1.54, 1.807) is 19.2 Å². The van der Waals surface area contributed by atoms with Crippen molar-refractivity contribution in [1.82, 2.24) is 19.8 Å². The van der Waals surface area contributed by atoms with E-state index in [4.69, 9.17) is 0 Å². The summed E-state index contributed by atoms with van der Waals surface area (Å²) in [6.07, 6.45) is 3.17. The molecule has 0 bridgehead atoms. The number of halogens is 2. The van der Waals surface area contributed by atoms with Crippen LogP contribution in [0.15, 0.2) is 41.6 Å². The molecule has 0 aliphatic heterocycles. The van der Waals surface area contributed by atoms with E-state index in [0.29, 0.717) is 13.0 Å². The molecular weight excluding hydrogens is 331 g/mol. The number of nitrogens with one attached hydrogen (secondary N) is 2. The van der Waals surface area contributed by atoms with E-state index in [0.717, 1.165) is 6.54 Å². The summed E-state index contributed by atoms with van der Waals surface area (Å²) in [6, 6.07) is 6.04. The van der Waals surface area contributed by atoms with Crippen molar-refractivity contribution in [3.63, 3.8) is 0 Å². The predicted octanol–water partition coefficient (Wildman–Crippen LogP) is 1.32. The van der Waals surface area contributed by atoms with Crippen LogP contribution < -0.4 is 10.0 Å². The van der Waals surface area contributed by atoms with Crippen molar-refractivity contribution in [2.45, 2.75) is 11.3 Å². The monoisotopic (exact) mass is 348 g/mol. The van der Waals surface area contributed by atoms with Gasteiger partial charge in [-0.2, -0.15) is 5.10 Å². The topological polar surface area (TPSA) is 76.0 Å². The number of sulfonamides is 1. The maximum absolute atomic E-state index is 13.6. The van der Waals surface area contributed by atoms with Gasteiger partial charge in [0.05, 0.1) is 12.4 Å². The van der Waals surface area contributed by atoms with E-state index in [2.05, 4.69) is 15.1 Å². The van der Waals surface area contributed by atoms with Crippen LogP contribution in [0.3, 0.4) is 0 Å². The molecule has 9 heteroatoms. The molecule has 6 nitrogen and oxygen atoms in total. The van der Waals surface area contributed by atoms with Gasteiger partial charge in [0.15, 0.2) is 0 Å². The fourth-order valence-electron chi connectivity index (χ4n) is 1.77. The molecule has 0 saturated carbocycles. The SMILES string of the molecule is CNCCCNS(=O)(=O)c1cnn(-c2ccccc2F)c1.Cl. The van der Waals surface area contributed by atoms with Crippen LogP contribution in [-0.4, -0.2) is 38.3 Å². The lowest BCUT2D eigenvalue weighted by Gasteiger charge is -2.04. The summed E-state index contributed by atoms with van der Waals surface area (Å²) < 4.78 is 41.4. The Hall–Kier alpha value is -1.48. The van der Waals surface area contributed by atoms with Gasteiger partial charge >= 0.3 is 0 Å². The van der Waals surface area contributed by atoms with Gasteiger partial charge in [-0.05, 0) is 32.1 Å². The Balaban J connectivity index is 0.00000242. The molecule has 1 aromatic heterocycles. The van der Waals surface area contributed by atoms with Crippen LogP contribution >= 0.6 is 12.4 Å². The first-order valence-electron chi connectivity index (χ1n) is 6.48. The van der Waals surface area contributed by atoms with Crippen molar-refractivity contribution in [1.29, 1.82) is 0 Å². The maximum Gasteiger partial charge on any atom is 0.243 e. The van der Waals surface area contributed by atoms with E-state index in [1.807, 2.05) is 0 Å². The molecule has 0 radical (unpaired) electrons. The van der Waals surface area contributed by atoms with Gasteiger partial charge in [0, 0.05) is 6.54 Å². The number of benzene rings is 1. The van der Waals surface area contributed by atoms with Crippen LogP contribution in [0.1, 0.15) is 6.42 Å². The average Bonchev–Trinajstić information content (AvgIpc) is 2.95. The minimum absolute atomic E-state index is 0. The van der Waals surface area contributed by atoms with Gasteiger partial charge in [0.2, 0.25) is 10.0 Å². The highest BCUT2D eigenvalue weighted by Gasteiger charge is 2.17. The molecule has 1 aromatic carbocycles. The zero-order valence-electron chi connectivity index (χ0n) is 12.0. The molecule has 0 amide bonds. The van der Waals surface area contributed by atoms with Gasteiger partial charge < -0.3 is 5.32 Å². The lowest BCUT2D eigenvalue weighted by atomic mass is 10.3. The van der Waals surface area contributed by atoms with E-state index in [-0.39, 0.29) is 23.0 Å². The van der Waals surface area contributed by atoms with E-state index < -0.39 is 15.8 Å². The van der Waals surface area contributed by atoms with Gasteiger partial charge in [0.1, 0.15) is 16.4 Å². The van der Waals surface area contributed by atoms with Crippen LogP contribution in [0, 0.1) is 5.82 Å². The molecule has 0 spiro atoms. The summed E-state index contributed by atoms with van der Waals surface area (Å²) in [7, 11) is -1.83. The third kappa shape index (κ3) is 4.51. The Morgan fingerprint density at radius 2 is 2.00 bits per heavy atom. The molecule has 2 rings (SSSR count). The highest BCUT2D eigenvalue weighted by Crippen LogP contribution is 2.14. The zero-order valence-corrected chi connectivity index (χ0v) is 13.6. The second kappa shape index (κ2) is 8.23. The summed E-state index contributed by atoms with van der Waals surface area (Å²) in [5.41, 5.74) is 0.203. The number of hydrogen-bond donors (Lipinski definition) is 2. The molecule has 0 aliphatic carbocycles. The molecule has 1 heterocycles. The number of rotatable bonds is 7. The lowest BCUT2D eigenvalue weighted by Crippen LogP contribution is -2.26. The van der Waals surface area contributed by atoms with Crippen molar-refractivity contribution in [3.05, 3.63) is 42.5 Å². The standard InChI is InChI=1S/C13H17FN4O2S.ClH/c1-15-7-4-8-17-21(19,20)11-9-16-18(10-11)13-6-3-2-5-12(13)14;/h2-3,5-6,9-10,15,17H,4,7-8H2,1H3;1H. The van der Waals surface area contributed by atoms with Crippen LogP contribution in [0.5, 0.6) is 0 Å². The predicted molar refractivity (Wildman–Crippen MR) is 84.5 cm³/mol. The molecule has 2 aromatic rings. The largest absolute Gasteiger partial charge is 0.320 e. The van der Waals surface area contributed by atoms with Gasteiger partial charge in [-0.15, -0.1) is 12.4 Å². The van der Waals surface area contributed by atoms with Gasteiger partial charge in [-0.1, -0.05) is 12.1 Å². The summed E-state index contributed by atoms with van der Waals surface area (Å²) >= 11 is 0. The Morgan fingerprint density at radius 1 is 1.27 bits per heavy atom. The molecule has 0 unspecified atom stereocenters. The fraction of sp³-hybridized carbons (Fsp3) is 0.308. The quantitative estimate of drug-likeness (QED) is 0.740. The van der Waals surface area contributed by atoms with Gasteiger partial charge in [0.25, 0.3) is 0 Å². The Morgan fingerprint density at radius 3 is 2.68 bits per heavy atom. The molecule has 0 fully saturated rings. The van der Waals surface area contributed by atoms with Crippen LogP contribution in [0.2, 0.25) is 0 Å². The van der Waals surface area contributed by atoms with Gasteiger partial charge in [-0.25, -0.2) is 22.2 Å². The highest BCUT2D eigenvalue weighted by atomic mass is 35.5. The molecule has 2 N–H and O–H groups in total. The second-order valence-electron chi connectivity index (χ2n) is 4.43. The first kappa shape index (κ1) is 18.6. The first-order chi connectivity index (χ1) is 10.0. The number of para-hydroxylation sites is 1. The fourth-order valence-corrected chi connectivity index (χ4v) is 2.77. The van der Waals surface area contributed by atoms with Crippen LogP contribution in [0.25, 0.3) is 5.69 Å². The van der Waals surface area contributed by atoms with E-state index >= 15 is 0 Å². The minimum Gasteiger partial charge on any atom is -0.320 e. The summed E-state index contributed by atoms with van der Waals surface area (Å²) in [6.45, 7) is 1.05. The van der Waals surface area contributed by atoms with Crippen molar-refractivity contribution >= 4 is 22.4 Å². The third-order valence-corrected chi connectivity index (χ3v) is 4.28. The first-order valence-corrected chi connectivity index (χ1v) is 7.97. The zero-order chi connectivity index (χ0) is 15.3. The van der Waals surface area contributed by atoms with Crippen molar-refractivity contribution in [2.75, 3.05) is 20.1 Å². The number of aromatic nitrogens is 2. The third-order valence-electron chi connectivity index (χ3n) is 2.86. The minimum atomic E-state index is -3.62. The molecule has 0 atom stereocenters. The Labute approximate surface area is 135 Å². The molecule has 0 aliphatic rings. The smallest absolute Gasteiger partial charge is 0.243 e. The highest BCUT2D eigenvalue weighted by molar-refractivity contribution is 7.89. The summed E-state index contributed by atoms with van der Waals surface area (Å²) in [5.74, 6) is -0.466. The number of nitrogens with zero attached hydrogens (tertiary/aromatic N) is 2. The summed E-state index contributed by atoms with van der Waals surface area (Å²) in [5, 5.41) is 6.84. The van der Waals surface area contributed by atoms with Gasteiger partial charge in [-0.3, -0.25) is 0 Å².